The van der Waals surface area contributed by atoms with Gasteiger partial charge in [0.2, 0.25) is 11.8 Å². The first-order chi connectivity index (χ1) is 14.6. The summed E-state index contributed by atoms with van der Waals surface area (Å²) in [5.41, 5.74) is 2.66. The Kier molecular flexibility index (Phi) is 3.81. The Hall–Kier alpha value is -3.10. The zero-order chi connectivity index (χ0) is 20.4. The van der Waals surface area contributed by atoms with Crippen molar-refractivity contribution < 1.29 is 9.59 Å². The molecule has 6 nitrogen and oxygen atoms in total. The van der Waals surface area contributed by atoms with Crippen LogP contribution in [0.4, 0.5) is 0 Å². The molecule has 6 rings (SSSR count). The van der Waals surface area contributed by atoms with Crippen LogP contribution in [-0.2, 0) is 9.59 Å². The van der Waals surface area contributed by atoms with Crippen LogP contribution < -0.4 is 10.2 Å². The number of amides is 2. The summed E-state index contributed by atoms with van der Waals surface area (Å²) in [6, 6.07) is 17.3. The number of aromatic amines is 1. The normalized spacial score (nSPS) is 22.7. The standard InChI is InChI=1S/C22H15N3O3S2/c26-19-16-15(13-10-23-14-9-5-4-8-12(13)14)18-21(29-17(16)20(27)24-19)25(22(28)30-18)11-6-2-1-3-7-11/h1-10,15-17,23H,(H,24,26,27)/t15-,16+,17-/m1/s1. The van der Waals surface area contributed by atoms with Crippen LogP contribution >= 0.6 is 23.1 Å². The average molecular weight is 434 g/mol. The number of nitrogens with one attached hydrogen (secondary N) is 2. The molecule has 1 fully saturated rings. The lowest BCUT2D eigenvalue weighted by atomic mass is 9.83. The average Bonchev–Trinajstić information content (AvgIpc) is 3.41. The fourth-order valence-electron chi connectivity index (χ4n) is 4.48. The van der Waals surface area contributed by atoms with Crippen LogP contribution in [0, 0.1) is 5.92 Å². The zero-order valence-corrected chi connectivity index (χ0v) is 17.1. The molecule has 0 unspecified atom stereocenters. The molecule has 0 radical (unpaired) electrons. The van der Waals surface area contributed by atoms with Gasteiger partial charge in [0.1, 0.15) is 5.25 Å². The summed E-state index contributed by atoms with van der Waals surface area (Å²) in [6.07, 6.45) is 1.90. The van der Waals surface area contributed by atoms with E-state index < -0.39 is 11.2 Å². The highest BCUT2D eigenvalue weighted by Crippen LogP contribution is 2.53. The Morgan fingerprint density at radius 2 is 1.67 bits per heavy atom. The van der Waals surface area contributed by atoms with Crippen LogP contribution in [-0.4, -0.2) is 26.6 Å². The van der Waals surface area contributed by atoms with Crippen molar-refractivity contribution in [3.05, 3.63) is 80.9 Å². The monoisotopic (exact) mass is 433 g/mol. The molecule has 0 saturated carbocycles. The van der Waals surface area contributed by atoms with E-state index in [0.717, 1.165) is 43.4 Å². The van der Waals surface area contributed by atoms with E-state index in [1.54, 1.807) is 4.57 Å². The third kappa shape index (κ3) is 2.41. The van der Waals surface area contributed by atoms with Gasteiger partial charge in [0, 0.05) is 27.9 Å². The first kappa shape index (κ1) is 17.7. The van der Waals surface area contributed by atoms with E-state index in [1.165, 1.54) is 11.8 Å². The summed E-state index contributed by atoms with van der Waals surface area (Å²) in [6.45, 7) is 0. The van der Waals surface area contributed by atoms with E-state index in [9.17, 15) is 14.4 Å². The van der Waals surface area contributed by atoms with Gasteiger partial charge in [0.05, 0.1) is 16.6 Å². The molecule has 1 saturated heterocycles. The Bertz CT molecular complexity index is 1390. The van der Waals surface area contributed by atoms with Crippen LogP contribution in [0.5, 0.6) is 0 Å². The number of benzene rings is 2. The van der Waals surface area contributed by atoms with Gasteiger partial charge in [-0.1, -0.05) is 59.5 Å². The van der Waals surface area contributed by atoms with Crippen molar-refractivity contribution in [3.8, 4) is 5.69 Å². The highest BCUT2D eigenvalue weighted by Gasteiger charge is 2.53. The second kappa shape index (κ2) is 6.45. The van der Waals surface area contributed by atoms with Gasteiger partial charge in [-0.05, 0) is 23.8 Å². The fourth-order valence-corrected chi connectivity index (χ4v) is 7.24. The Labute approximate surface area is 178 Å². The summed E-state index contributed by atoms with van der Waals surface area (Å²) in [5, 5.41) is 3.69. The van der Waals surface area contributed by atoms with Gasteiger partial charge in [0.25, 0.3) is 0 Å². The summed E-state index contributed by atoms with van der Waals surface area (Å²) in [4.78, 5) is 42.5. The van der Waals surface area contributed by atoms with Crippen LogP contribution in [0.15, 0.2) is 70.6 Å². The molecular weight excluding hydrogens is 418 g/mol. The van der Waals surface area contributed by atoms with Crippen LogP contribution in [0.2, 0.25) is 0 Å². The molecule has 2 aliphatic heterocycles. The lowest BCUT2D eigenvalue weighted by Crippen LogP contribution is -2.31. The summed E-state index contributed by atoms with van der Waals surface area (Å²) in [7, 11) is 0. The number of hydrogen-bond acceptors (Lipinski definition) is 5. The van der Waals surface area contributed by atoms with Crippen molar-refractivity contribution in [2.75, 3.05) is 0 Å². The molecule has 0 spiro atoms. The number of carbonyl (C=O) groups excluding carboxylic acids is 2. The molecule has 30 heavy (non-hydrogen) atoms. The number of thioether (sulfide) groups is 1. The van der Waals surface area contributed by atoms with Crippen molar-refractivity contribution >= 4 is 45.8 Å². The maximum atomic E-state index is 13.0. The molecule has 4 heterocycles. The predicted octanol–water partition coefficient (Wildman–Crippen LogP) is 3.26. The minimum absolute atomic E-state index is 0.114. The van der Waals surface area contributed by atoms with Crippen LogP contribution in [0.25, 0.3) is 16.6 Å². The number of aromatic nitrogens is 2. The highest BCUT2D eigenvalue weighted by atomic mass is 32.2. The molecule has 0 aliphatic carbocycles. The first-order valence-electron chi connectivity index (χ1n) is 9.52. The lowest BCUT2D eigenvalue weighted by Gasteiger charge is -2.30. The smallest absolute Gasteiger partial charge is 0.312 e. The SMILES string of the molecule is O=C1NC(=O)[C@@H]2Sc3c(sc(=O)n3-c3ccccc3)[C@H](c3c[nH]c4ccccc34)[C@H]12. The van der Waals surface area contributed by atoms with Crippen LogP contribution in [0.3, 0.4) is 0 Å². The summed E-state index contributed by atoms with van der Waals surface area (Å²) >= 11 is 2.48. The number of H-pyrrole nitrogens is 1. The largest absolute Gasteiger partial charge is 0.361 e. The molecule has 4 aromatic rings. The molecule has 148 valence electrons. The minimum atomic E-state index is -0.562. The molecule has 2 aromatic heterocycles. The zero-order valence-electron chi connectivity index (χ0n) is 15.5. The Morgan fingerprint density at radius 3 is 2.50 bits per heavy atom. The van der Waals surface area contributed by atoms with Gasteiger partial charge in [-0.15, -0.1) is 0 Å². The number of carbonyl (C=O) groups is 2. The van der Waals surface area contributed by atoms with E-state index in [-0.39, 0.29) is 22.6 Å². The van der Waals surface area contributed by atoms with Gasteiger partial charge < -0.3 is 4.98 Å². The molecule has 0 bridgehead atoms. The summed E-state index contributed by atoms with van der Waals surface area (Å²) in [5.74, 6) is -1.47. The number of rotatable bonds is 2. The molecule has 2 aromatic carbocycles. The lowest BCUT2D eigenvalue weighted by molar-refractivity contribution is -0.125. The van der Waals surface area contributed by atoms with Crippen molar-refractivity contribution in [3.63, 3.8) is 0 Å². The molecule has 2 aliphatic rings. The highest BCUT2D eigenvalue weighted by molar-refractivity contribution is 8.00. The fraction of sp³-hybridized carbons (Fsp3) is 0.136. The maximum absolute atomic E-state index is 13.0. The number of hydrogen-bond donors (Lipinski definition) is 2. The Morgan fingerprint density at radius 1 is 0.900 bits per heavy atom. The van der Waals surface area contributed by atoms with Gasteiger partial charge in [0.15, 0.2) is 0 Å². The van der Waals surface area contributed by atoms with Crippen molar-refractivity contribution in [2.45, 2.75) is 16.2 Å². The number of fused-ring (bicyclic) bond motifs is 3. The number of nitrogens with zero attached hydrogens (tertiary/aromatic N) is 1. The van der Waals surface area contributed by atoms with Gasteiger partial charge in [-0.2, -0.15) is 0 Å². The number of imide groups is 1. The quantitative estimate of drug-likeness (QED) is 0.476. The third-order valence-electron chi connectivity index (χ3n) is 5.78. The maximum Gasteiger partial charge on any atom is 0.312 e. The van der Waals surface area contributed by atoms with Crippen molar-refractivity contribution in [1.82, 2.24) is 14.9 Å². The minimum Gasteiger partial charge on any atom is -0.361 e. The van der Waals surface area contributed by atoms with Gasteiger partial charge in [-0.3, -0.25) is 24.3 Å². The molecule has 2 amide bonds. The van der Waals surface area contributed by atoms with Gasteiger partial charge >= 0.3 is 4.87 Å². The van der Waals surface area contributed by atoms with Crippen LogP contribution in [0.1, 0.15) is 16.4 Å². The summed E-state index contributed by atoms with van der Waals surface area (Å²) < 4.78 is 1.67. The number of para-hydroxylation sites is 2. The number of thiazole rings is 1. The van der Waals surface area contributed by atoms with E-state index in [4.69, 9.17) is 0 Å². The van der Waals surface area contributed by atoms with E-state index >= 15 is 0 Å². The predicted molar refractivity (Wildman–Crippen MR) is 116 cm³/mol. The third-order valence-corrected chi connectivity index (χ3v) is 8.32. The van der Waals surface area contributed by atoms with Crippen molar-refractivity contribution in [1.29, 1.82) is 0 Å². The molecular formula is C22H15N3O3S2. The molecule has 2 N–H and O–H groups in total. The molecule has 3 atom stereocenters. The van der Waals surface area contributed by atoms with E-state index in [0.29, 0.717) is 0 Å². The second-order valence-corrected chi connectivity index (χ2v) is 9.52. The first-order valence-corrected chi connectivity index (χ1v) is 11.2. The molecule has 8 heteroatoms. The topological polar surface area (TPSA) is 84.0 Å². The second-order valence-electron chi connectivity index (χ2n) is 7.39. The van der Waals surface area contributed by atoms with Crippen molar-refractivity contribution in [2.24, 2.45) is 5.92 Å². The van der Waals surface area contributed by atoms with E-state index in [1.807, 2.05) is 60.8 Å². The Balaban J connectivity index is 1.64. The van der Waals surface area contributed by atoms with Gasteiger partial charge in [-0.25, -0.2) is 0 Å². The van der Waals surface area contributed by atoms with E-state index in [2.05, 4.69) is 10.3 Å².